The molecule has 1 nitrogen and oxygen atoms in total. The summed E-state index contributed by atoms with van der Waals surface area (Å²) in [7, 11) is 0. The van der Waals surface area contributed by atoms with Crippen LogP contribution in [0.2, 0.25) is 0 Å². The van der Waals surface area contributed by atoms with Crippen LogP contribution in [0.1, 0.15) is 56.7 Å². The van der Waals surface area contributed by atoms with Gasteiger partial charge in [0.05, 0.1) is 0 Å². The van der Waals surface area contributed by atoms with Gasteiger partial charge in [-0.1, -0.05) is 45.9 Å². The Bertz CT molecular complexity index is 317. The van der Waals surface area contributed by atoms with Crippen molar-refractivity contribution in [1.82, 2.24) is 5.32 Å². The first kappa shape index (κ1) is 13.2. The van der Waals surface area contributed by atoms with Crippen LogP contribution in [-0.2, 0) is 13.0 Å². The molecule has 0 fully saturated rings. The minimum Gasteiger partial charge on any atom is -0.312 e. The molecule has 1 aliphatic heterocycles. The summed E-state index contributed by atoms with van der Waals surface area (Å²) in [5.74, 6) is 0.697. The van der Waals surface area contributed by atoms with Crippen LogP contribution in [0.5, 0.6) is 0 Å². The molecule has 0 saturated carbocycles. The van der Waals surface area contributed by atoms with Crippen LogP contribution in [0.4, 0.5) is 0 Å². The van der Waals surface area contributed by atoms with E-state index in [9.17, 15) is 0 Å². The highest BCUT2D eigenvalue weighted by atomic mass is 14.9. The Kier molecular flexibility index (Phi) is 5.54. The lowest BCUT2D eigenvalue weighted by Crippen LogP contribution is -2.23. The molecule has 0 amide bonds. The van der Waals surface area contributed by atoms with Crippen LogP contribution in [-0.4, -0.2) is 6.54 Å². The minimum atomic E-state index is 0.697. The molecule has 0 radical (unpaired) electrons. The van der Waals surface area contributed by atoms with Gasteiger partial charge in [0, 0.05) is 6.54 Å². The second-order valence-corrected chi connectivity index (χ2v) is 4.26. The standard InChI is InChI=1S/C13H19N.C2H6/c1-3-10(2)12-5-4-11-6-7-14-9-13(11)8-12;1-2/h4-5,8,10,14H,3,6-7,9H2,1-2H3;1-2H3. The smallest absolute Gasteiger partial charge is 0.0208 e. The fraction of sp³-hybridized carbons (Fsp3) is 0.600. The monoisotopic (exact) mass is 219 g/mol. The van der Waals surface area contributed by atoms with Crippen molar-refractivity contribution in [3.05, 3.63) is 34.9 Å². The van der Waals surface area contributed by atoms with Gasteiger partial charge in [-0.15, -0.1) is 0 Å². The summed E-state index contributed by atoms with van der Waals surface area (Å²) in [5.41, 5.74) is 4.54. The van der Waals surface area contributed by atoms with Crippen molar-refractivity contribution in [3.63, 3.8) is 0 Å². The molecule has 16 heavy (non-hydrogen) atoms. The van der Waals surface area contributed by atoms with E-state index < -0.39 is 0 Å². The molecule has 0 bridgehead atoms. The Hall–Kier alpha value is -0.820. The molecule has 0 aliphatic carbocycles. The summed E-state index contributed by atoms with van der Waals surface area (Å²) in [6, 6.07) is 7.01. The first-order chi connectivity index (χ1) is 7.81. The molecule has 0 spiro atoms. The van der Waals surface area contributed by atoms with Gasteiger partial charge in [-0.2, -0.15) is 0 Å². The van der Waals surface area contributed by atoms with E-state index in [1.807, 2.05) is 13.8 Å². The van der Waals surface area contributed by atoms with Crippen LogP contribution in [0.15, 0.2) is 18.2 Å². The molecule has 1 aliphatic rings. The van der Waals surface area contributed by atoms with Crippen LogP contribution >= 0.6 is 0 Å². The van der Waals surface area contributed by atoms with Gasteiger partial charge in [-0.25, -0.2) is 0 Å². The lowest BCUT2D eigenvalue weighted by atomic mass is 9.92. The fourth-order valence-corrected chi connectivity index (χ4v) is 2.04. The van der Waals surface area contributed by atoms with E-state index in [0.717, 1.165) is 13.1 Å². The van der Waals surface area contributed by atoms with Crippen LogP contribution < -0.4 is 5.32 Å². The van der Waals surface area contributed by atoms with Gasteiger partial charge in [0.15, 0.2) is 0 Å². The maximum absolute atomic E-state index is 3.43. The van der Waals surface area contributed by atoms with E-state index in [1.54, 1.807) is 0 Å². The van der Waals surface area contributed by atoms with Gasteiger partial charge in [0.25, 0.3) is 0 Å². The van der Waals surface area contributed by atoms with Crippen molar-refractivity contribution in [2.75, 3.05) is 6.54 Å². The highest BCUT2D eigenvalue weighted by Gasteiger charge is 2.10. The molecule has 90 valence electrons. The zero-order chi connectivity index (χ0) is 12.0. The third-order valence-corrected chi connectivity index (χ3v) is 3.30. The third kappa shape index (κ3) is 3.08. The largest absolute Gasteiger partial charge is 0.312 e. The first-order valence-electron chi connectivity index (χ1n) is 6.63. The van der Waals surface area contributed by atoms with Crippen molar-refractivity contribution in [2.24, 2.45) is 0 Å². The zero-order valence-corrected chi connectivity index (χ0v) is 11.1. The second-order valence-electron chi connectivity index (χ2n) is 4.26. The van der Waals surface area contributed by atoms with E-state index in [4.69, 9.17) is 0 Å². The molecule has 0 aromatic heterocycles. The summed E-state index contributed by atoms with van der Waals surface area (Å²) in [6.45, 7) is 10.7. The second kappa shape index (κ2) is 6.70. The summed E-state index contributed by atoms with van der Waals surface area (Å²) >= 11 is 0. The normalized spacial score (nSPS) is 15.8. The van der Waals surface area contributed by atoms with Gasteiger partial charge in [-0.05, 0) is 42.0 Å². The summed E-state index contributed by atoms with van der Waals surface area (Å²) in [6.07, 6.45) is 2.42. The zero-order valence-electron chi connectivity index (χ0n) is 11.1. The van der Waals surface area contributed by atoms with E-state index in [0.29, 0.717) is 5.92 Å². The SMILES string of the molecule is CC.CCC(C)c1ccc2c(c1)CNCC2. The van der Waals surface area contributed by atoms with Crippen molar-refractivity contribution >= 4 is 0 Å². The highest BCUT2D eigenvalue weighted by molar-refractivity contribution is 5.35. The Morgan fingerprint density at radius 1 is 1.25 bits per heavy atom. The van der Waals surface area contributed by atoms with E-state index in [1.165, 1.54) is 29.5 Å². The van der Waals surface area contributed by atoms with Gasteiger partial charge < -0.3 is 5.32 Å². The maximum Gasteiger partial charge on any atom is 0.0208 e. The molecular weight excluding hydrogens is 194 g/mol. The van der Waals surface area contributed by atoms with Gasteiger partial charge >= 0.3 is 0 Å². The minimum absolute atomic E-state index is 0.697. The Morgan fingerprint density at radius 2 is 2.00 bits per heavy atom. The molecule has 1 N–H and O–H groups in total. The lowest BCUT2D eigenvalue weighted by Gasteiger charge is -2.19. The maximum atomic E-state index is 3.43. The fourth-order valence-electron chi connectivity index (χ4n) is 2.04. The van der Waals surface area contributed by atoms with Crippen molar-refractivity contribution in [1.29, 1.82) is 0 Å². The molecule has 1 aromatic rings. The molecule has 1 heterocycles. The van der Waals surface area contributed by atoms with E-state index >= 15 is 0 Å². The highest BCUT2D eigenvalue weighted by Crippen LogP contribution is 2.23. The molecule has 2 rings (SSSR count). The summed E-state index contributed by atoms with van der Waals surface area (Å²) in [5, 5.41) is 3.43. The quantitative estimate of drug-likeness (QED) is 0.796. The predicted octanol–water partition coefficient (Wildman–Crippen LogP) is 3.87. The Labute approximate surface area is 100 Å². The van der Waals surface area contributed by atoms with Crippen LogP contribution in [0.25, 0.3) is 0 Å². The van der Waals surface area contributed by atoms with Gasteiger partial charge in [0.2, 0.25) is 0 Å². The van der Waals surface area contributed by atoms with Crippen LogP contribution in [0.3, 0.4) is 0 Å². The lowest BCUT2D eigenvalue weighted by molar-refractivity contribution is 0.639. The van der Waals surface area contributed by atoms with E-state index in [2.05, 4.69) is 37.4 Å². The van der Waals surface area contributed by atoms with Crippen molar-refractivity contribution in [2.45, 2.75) is 53.0 Å². The number of rotatable bonds is 2. The van der Waals surface area contributed by atoms with Gasteiger partial charge in [-0.3, -0.25) is 0 Å². The molecule has 1 aromatic carbocycles. The average molecular weight is 219 g/mol. The Balaban J connectivity index is 0.000000606. The molecule has 1 atom stereocenters. The molecular formula is C15H25N. The Morgan fingerprint density at radius 3 is 2.69 bits per heavy atom. The number of nitrogens with one attached hydrogen (secondary N) is 1. The number of fused-ring (bicyclic) bond motifs is 1. The van der Waals surface area contributed by atoms with Crippen molar-refractivity contribution in [3.8, 4) is 0 Å². The molecule has 1 unspecified atom stereocenters. The first-order valence-corrected chi connectivity index (χ1v) is 6.63. The van der Waals surface area contributed by atoms with E-state index in [-0.39, 0.29) is 0 Å². The number of hydrogen-bond donors (Lipinski definition) is 1. The molecule has 1 heteroatoms. The van der Waals surface area contributed by atoms with Crippen LogP contribution in [0, 0.1) is 0 Å². The third-order valence-electron chi connectivity index (χ3n) is 3.30. The topological polar surface area (TPSA) is 12.0 Å². The number of benzene rings is 1. The number of hydrogen-bond acceptors (Lipinski definition) is 1. The van der Waals surface area contributed by atoms with Crippen molar-refractivity contribution < 1.29 is 0 Å². The van der Waals surface area contributed by atoms with Gasteiger partial charge in [0.1, 0.15) is 0 Å². The summed E-state index contributed by atoms with van der Waals surface area (Å²) < 4.78 is 0. The summed E-state index contributed by atoms with van der Waals surface area (Å²) in [4.78, 5) is 0. The average Bonchev–Trinajstić information content (AvgIpc) is 2.39. The molecule has 0 saturated heterocycles. The predicted molar refractivity (Wildman–Crippen MR) is 71.9 cm³/mol.